The fraction of sp³-hybridized carbons (Fsp3) is 0.200. The van der Waals surface area contributed by atoms with Crippen LogP contribution >= 0.6 is 55.8 Å². The van der Waals surface area contributed by atoms with Crippen LogP contribution in [0, 0.1) is 0 Å². The van der Waals surface area contributed by atoms with E-state index in [1.165, 1.54) is 0 Å². The molecule has 0 amide bonds. The predicted octanol–water partition coefficient (Wildman–Crippen LogP) is 5.80. The third kappa shape index (κ3) is 4.19. The van der Waals surface area contributed by atoms with Crippen LogP contribution < -0.4 is 0 Å². The highest BCUT2D eigenvalue weighted by atomic mass is 79.9. The lowest BCUT2D eigenvalue weighted by Gasteiger charge is -2.09. The number of hydrogen-bond acceptors (Lipinski definition) is 3. The minimum Gasteiger partial charge on any atom is -0.268 e. The molecule has 0 saturated carbocycles. The van der Waals surface area contributed by atoms with E-state index in [1.807, 2.05) is 23.0 Å². The zero-order chi connectivity index (χ0) is 14.8. The molecule has 0 fully saturated rings. The van der Waals surface area contributed by atoms with Gasteiger partial charge in [0.25, 0.3) is 0 Å². The van der Waals surface area contributed by atoms with Gasteiger partial charge in [0.1, 0.15) is 0 Å². The number of halogens is 3. The molecule has 3 rings (SSSR count). The van der Waals surface area contributed by atoms with Gasteiger partial charge in [-0.25, -0.2) is 4.98 Å². The molecule has 0 aliphatic rings. The highest BCUT2D eigenvalue weighted by Crippen LogP contribution is 2.26. The number of thiazole rings is 1. The van der Waals surface area contributed by atoms with Crippen molar-refractivity contribution in [2.45, 2.75) is 19.4 Å². The Labute approximate surface area is 157 Å². The minimum atomic E-state index is 0. The van der Waals surface area contributed by atoms with Crippen LogP contribution in [-0.2, 0) is 6.42 Å². The topological polar surface area (TPSA) is 30.7 Å². The van der Waals surface area contributed by atoms with Crippen molar-refractivity contribution in [2.24, 2.45) is 0 Å². The molecule has 0 aliphatic carbocycles. The van der Waals surface area contributed by atoms with Crippen LogP contribution in [0.1, 0.15) is 18.0 Å². The third-order valence-electron chi connectivity index (χ3n) is 3.16. The van der Waals surface area contributed by atoms with Gasteiger partial charge in [-0.3, -0.25) is 4.68 Å². The van der Waals surface area contributed by atoms with Crippen molar-refractivity contribution >= 4 is 55.8 Å². The van der Waals surface area contributed by atoms with E-state index in [4.69, 9.17) is 16.6 Å². The van der Waals surface area contributed by atoms with Crippen molar-refractivity contribution in [1.29, 1.82) is 0 Å². The van der Waals surface area contributed by atoms with Crippen molar-refractivity contribution in [1.82, 2.24) is 14.8 Å². The highest BCUT2D eigenvalue weighted by molar-refractivity contribution is 9.10. The first-order valence-electron chi connectivity index (χ1n) is 6.52. The predicted molar refractivity (Wildman–Crippen MR) is 101 cm³/mol. The van der Waals surface area contributed by atoms with Crippen LogP contribution in [0.25, 0.3) is 11.3 Å². The van der Waals surface area contributed by atoms with Gasteiger partial charge in [-0.2, -0.15) is 5.10 Å². The maximum atomic E-state index is 5.91. The SMILES string of the molecule is Br.CC(Cc1nc(-c2cccc(Br)c2)cs1)n1cc(Cl)cn1. The standard InChI is InChI=1S/C15H13BrClN3S.BrH/c1-10(20-8-13(17)7-18-20)5-15-19-14(9-21-15)11-3-2-4-12(16)6-11;/h2-4,6-10H,5H2,1H3;1H. The van der Waals surface area contributed by atoms with E-state index in [9.17, 15) is 0 Å². The van der Waals surface area contributed by atoms with Crippen LogP contribution in [-0.4, -0.2) is 14.8 Å². The van der Waals surface area contributed by atoms with Crippen LogP contribution in [0.3, 0.4) is 0 Å². The fourth-order valence-corrected chi connectivity index (χ4v) is 3.55. The summed E-state index contributed by atoms with van der Waals surface area (Å²) in [5, 5.41) is 8.10. The van der Waals surface area contributed by atoms with E-state index in [-0.39, 0.29) is 23.0 Å². The van der Waals surface area contributed by atoms with Crippen molar-refractivity contribution < 1.29 is 0 Å². The molecule has 22 heavy (non-hydrogen) atoms. The fourth-order valence-electron chi connectivity index (χ4n) is 2.09. The van der Waals surface area contributed by atoms with Crippen molar-refractivity contribution in [3.8, 4) is 11.3 Å². The number of nitrogens with zero attached hydrogens (tertiary/aromatic N) is 3. The molecule has 0 radical (unpaired) electrons. The van der Waals surface area contributed by atoms with E-state index in [0.717, 1.165) is 27.2 Å². The van der Waals surface area contributed by atoms with E-state index >= 15 is 0 Å². The van der Waals surface area contributed by atoms with Gasteiger partial charge in [-0.15, -0.1) is 28.3 Å². The normalized spacial score (nSPS) is 12.0. The molecule has 7 heteroatoms. The number of hydrogen-bond donors (Lipinski definition) is 0. The smallest absolute Gasteiger partial charge is 0.0953 e. The lowest BCUT2D eigenvalue weighted by atomic mass is 10.2. The van der Waals surface area contributed by atoms with Crippen molar-refractivity contribution in [2.75, 3.05) is 0 Å². The summed E-state index contributed by atoms with van der Waals surface area (Å²) in [7, 11) is 0. The summed E-state index contributed by atoms with van der Waals surface area (Å²) < 4.78 is 2.94. The van der Waals surface area contributed by atoms with Gasteiger partial charge in [0, 0.05) is 28.0 Å². The summed E-state index contributed by atoms with van der Waals surface area (Å²) in [6.07, 6.45) is 4.35. The van der Waals surface area contributed by atoms with E-state index in [0.29, 0.717) is 5.02 Å². The van der Waals surface area contributed by atoms with Crippen LogP contribution in [0.15, 0.2) is 46.5 Å². The van der Waals surface area contributed by atoms with Gasteiger partial charge in [-0.1, -0.05) is 39.7 Å². The number of aromatic nitrogens is 3. The first-order valence-corrected chi connectivity index (χ1v) is 8.57. The van der Waals surface area contributed by atoms with Gasteiger partial charge in [0.2, 0.25) is 0 Å². The molecule has 2 heterocycles. The zero-order valence-corrected chi connectivity index (χ0v) is 16.6. The second kappa shape index (κ2) is 7.73. The van der Waals surface area contributed by atoms with Crippen LogP contribution in [0.4, 0.5) is 0 Å². The largest absolute Gasteiger partial charge is 0.268 e. The van der Waals surface area contributed by atoms with E-state index < -0.39 is 0 Å². The lowest BCUT2D eigenvalue weighted by molar-refractivity contribution is 0.488. The highest BCUT2D eigenvalue weighted by Gasteiger charge is 2.11. The Morgan fingerprint density at radius 1 is 1.41 bits per heavy atom. The molecule has 1 aromatic carbocycles. The molecule has 1 atom stereocenters. The second-order valence-corrected chi connectivity index (χ2v) is 7.12. The average molecular weight is 464 g/mol. The molecule has 3 nitrogen and oxygen atoms in total. The molecule has 0 spiro atoms. The Morgan fingerprint density at radius 3 is 2.91 bits per heavy atom. The summed E-state index contributed by atoms with van der Waals surface area (Å²) in [6, 6.07) is 8.42. The van der Waals surface area contributed by atoms with Crippen molar-refractivity contribution in [3.05, 3.63) is 56.5 Å². The van der Waals surface area contributed by atoms with Gasteiger partial charge in [0.15, 0.2) is 0 Å². The average Bonchev–Trinajstić information content (AvgIpc) is 3.08. The molecular weight excluding hydrogens is 450 g/mol. The van der Waals surface area contributed by atoms with Gasteiger partial charge >= 0.3 is 0 Å². The summed E-state index contributed by atoms with van der Waals surface area (Å²) in [5.74, 6) is 0. The Hall–Kier alpha value is -0.690. The Morgan fingerprint density at radius 2 is 2.23 bits per heavy atom. The number of benzene rings is 1. The van der Waals surface area contributed by atoms with Crippen LogP contribution in [0.5, 0.6) is 0 Å². The quantitative estimate of drug-likeness (QED) is 0.489. The maximum Gasteiger partial charge on any atom is 0.0953 e. The molecule has 2 aromatic heterocycles. The monoisotopic (exact) mass is 461 g/mol. The molecule has 0 bridgehead atoms. The second-order valence-electron chi connectivity index (χ2n) is 4.83. The Bertz CT molecular complexity index is 757. The number of rotatable bonds is 4. The molecule has 0 saturated heterocycles. The van der Waals surface area contributed by atoms with Gasteiger partial charge < -0.3 is 0 Å². The first kappa shape index (κ1) is 17.7. The molecular formula is C15H14Br2ClN3S. The first-order chi connectivity index (χ1) is 10.1. The Balaban J connectivity index is 0.00000176. The minimum absolute atomic E-state index is 0. The lowest BCUT2D eigenvalue weighted by Crippen LogP contribution is -2.08. The van der Waals surface area contributed by atoms with Gasteiger partial charge in [0.05, 0.1) is 28.0 Å². The van der Waals surface area contributed by atoms with Crippen LogP contribution in [0.2, 0.25) is 5.02 Å². The molecule has 116 valence electrons. The zero-order valence-electron chi connectivity index (χ0n) is 11.7. The summed E-state index contributed by atoms with van der Waals surface area (Å²) in [5.41, 5.74) is 2.14. The molecule has 1 unspecified atom stereocenters. The third-order valence-corrected chi connectivity index (χ3v) is 4.72. The molecule has 3 aromatic rings. The van der Waals surface area contributed by atoms with Crippen molar-refractivity contribution in [3.63, 3.8) is 0 Å². The van der Waals surface area contributed by atoms with E-state index in [1.54, 1.807) is 17.5 Å². The van der Waals surface area contributed by atoms with E-state index in [2.05, 4.69) is 45.5 Å². The Kier molecular flexibility index (Phi) is 6.20. The van der Waals surface area contributed by atoms with Gasteiger partial charge in [-0.05, 0) is 19.1 Å². The molecule has 0 N–H and O–H groups in total. The summed E-state index contributed by atoms with van der Waals surface area (Å²) in [6.45, 7) is 2.11. The summed E-state index contributed by atoms with van der Waals surface area (Å²) >= 11 is 11.1. The molecule has 0 aliphatic heterocycles. The summed E-state index contributed by atoms with van der Waals surface area (Å²) in [4.78, 5) is 4.72. The maximum absolute atomic E-state index is 5.91.